The average Bonchev–Trinajstić information content (AvgIpc) is 2.34. The maximum absolute atomic E-state index is 13.1. The van der Waals surface area contributed by atoms with Crippen LogP contribution >= 0.6 is 0 Å². The molecule has 1 aromatic rings. The molecule has 1 atom stereocenters. The number of nitrogens with zero attached hydrogens (tertiary/aromatic N) is 1. The molecule has 0 spiro atoms. The van der Waals surface area contributed by atoms with Crippen molar-refractivity contribution in [2.24, 2.45) is 5.73 Å². The molecule has 1 saturated heterocycles. The average molecular weight is 240 g/mol. The first-order valence-corrected chi connectivity index (χ1v) is 6.08. The molecule has 2 N–H and O–H groups in total. The molecule has 0 aromatic heterocycles. The predicted octanol–water partition coefficient (Wildman–Crippen LogP) is 2.28. The van der Waals surface area contributed by atoms with Crippen LogP contribution in [0.4, 0.5) is 8.78 Å². The molecule has 94 valence electrons. The second kappa shape index (κ2) is 5.56. The van der Waals surface area contributed by atoms with E-state index in [-0.39, 0.29) is 0 Å². The maximum atomic E-state index is 13.1. The van der Waals surface area contributed by atoms with Gasteiger partial charge in [0.15, 0.2) is 11.6 Å². The van der Waals surface area contributed by atoms with Gasteiger partial charge >= 0.3 is 0 Å². The normalized spacial score (nSPS) is 21.7. The zero-order valence-electron chi connectivity index (χ0n) is 9.83. The van der Waals surface area contributed by atoms with E-state index in [1.165, 1.54) is 18.6 Å². The molecule has 1 aliphatic heterocycles. The van der Waals surface area contributed by atoms with E-state index in [2.05, 4.69) is 4.90 Å². The SMILES string of the molecule is NC[C@@H]1CCCCN1Cc1ccc(F)c(F)c1. The topological polar surface area (TPSA) is 29.3 Å². The molecule has 0 radical (unpaired) electrons. The summed E-state index contributed by atoms with van der Waals surface area (Å²) in [6.07, 6.45) is 3.45. The van der Waals surface area contributed by atoms with Crippen LogP contribution in [0.2, 0.25) is 0 Å². The minimum Gasteiger partial charge on any atom is -0.329 e. The molecule has 0 unspecified atom stereocenters. The van der Waals surface area contributed by atoms with Gasteiger partial charge in [-0.15, -0.1) is 0 Å². The third-order valence-corrected chi connectivity index (χ3v) is 3.39. The molecule has 0 saturated carbocycles. The molecule has 0 aliphatic carbocycles. The lowest BCUT2D eigenvalue weighted by atomic mass is 10.0. The predicted molar refractivity (Wildman–Crippen MR) is 63.5 cm³/mol. The molecular formula is C13H18F2N2. The Morgan fingerprint density at radius 2 is 2.06 bits per heavy atom. The van der Waals surface area contributed by atoms with E-state index in [0.717, 1.165) is 24.9 Å². The lowest BCUT2D eigenvalue weighted by Gasteiger charge is -2.35. The van der Waals surface area contributed by atoms with Crippen LogP contribution in [-0.4, -0.2) is 24.0 Å². The minimum absolute atomic E-state index is 0.372. The fourth-order valence-electron chi connectivity index (χ4n) is 2.41. The van der Waals surface area contributed by atoms with Gasteiger partial charge in [-0.1, -0.05) is 12.5 Å². The molecule has 1 aliphatic rings. The minimum atomic E-state index is -0.789. The van der Waals surface area contributed by atoms with Gasteiger partial charge in [0, 0.05) is 19.1 Å². The van der Waals surface area contributed by atoms with E-state index in [0.29, 0.717) is 19.1 Å². The van der Waals surface area contributed by atoms with Gasteiger partial charge in [-0.3, -0.25) is 4.90 Å². The number of hydrogen-bond acceptors (Lipinski definition) is 2. The van der Waals surface area contributed by atoms with Gasteiger partial charge in [-0.05, 0) is 37.1 Å². The maximum Gasteiger partial charge on any atom is 0.159 e. The second-order valence-electron chi connectivity index (χ2n) is 4.60. The van der Waals surface area contributed by atoms with Gasteiger partial charge in [0.05, 0.1) is 0 Å². The lowest BCUT2D eigenvalue weighted by molar-refractivity contribution is 0.144. The summed E-state index contributed by atoms with van der Waals surface area (Å²) in [7, 11) is 0. The highest BCUT2D eigenvalue weighted by Crippen LogP contribution is 2.19. The van der Waals surface area contributed by atoms with Crippen molar-refractivity contribution in [1.82, 2.24) is 4.90 Å². The molecule has 1 heterocycles. The van der Waals surface area contributed by atoms with Gasteiger partial charge in [-0.25, -0.2) is 8.78 Å². The number of piperidine rings is 1. The monoisotopic (exact) mass is 240 g/mol. The fraction of sp³-hybridized carbons (Fsp3) is 0.538. The van der Waals surface area contributed by atoms with Crippen LogP contribution in [0.5, 0.6) is 0 Å². The highest BCUT2D eigenvalue weighted by molar-refractivity contribution is 5.17. The van der Waals surface area contributed by atoms with Crippen LogP contribution < -0.4 is 5.73 Å². The quantitative estimate of drug-likeness (QED) is 0.878. The van der Waals surface area contributed by atoms with E-state index < -0.39 is 11.6 Å². The zero-order chi connectivity index (χ0) is 12.3. The molecule has 1 aromatic carbocycles. The number of halogens is 2. The molecule has 2 rings (SSSR count). The number of likely N-dealkylation sites (tertiary alicyclic amines) is 1. The summed E-state index contributed by atoms with van der Waals surface area (Å²) in [5, 5.41) is 0. The summed E-state index contributed by atoms with van der Waals surface area (Å²) >= 11 is 0. The molecule has 17 heavy (non-hydrogen) atoms. The third kappa shape index (κ3) is 3.01. The van der Waals surface area contributed by atoms with E-state index >= 15 is 0 Å². The molecule has 0 bridgehead atoms. The van der Waals surface area contributed by atoms with E-state index in [1.54, 1.807) is 6.07 Å². The molecule has 4 heteroatoms. The van der Waals surface area contributed by atoms with Crippen LogP contribution in [-0.2, 0) is 6.54 Å². The number of nitrogens with two attached hydrogens (primary N) is 1. The smallest absolute Gasteiger partial charge is 0.159 e. The largest absolute Gasteiger partial charge is 0.329 e. The Morgan fingerprint density at radius 1 is 1.24 bits per heavy atom. The van der Waals surface area contributed by atoms with Crippen molar-refractivity contribution in [3.05, 3.63) is 35.4 Å². The zero-order valence-corrected chi connectivity index (χ0v) is 9.83. The molecular weight excluding hydrogens is 222 g/mol. The Balaban J connectivity index is 2.05. The Morgan fingerprint density at radius 3 is 2.76 bits per heavy atom. The highest BCUT2D eigenvalue weighted by atomic mass is 19.2. The summed E-state index contributed by atoms with van der Waals surface area (Å²) in [5.74, 6) is -1.56. The van der Waals surface area contributed by atoms with Crippen LogP contribution in [0.1, 0.15) is 24.8 Å². The van der Waals surface area contributed by atoms with Crippen molar-refractivity contribution in [1.29, 1.82) is 0 Å². The second-order valence-corrected chi connectivity index (χ2v) is 4.60. The summed E-state index contributed by atoms with van der Waals surface area (Å²) in [6, 6.07) is 4.47. The van der Waals surface area contributed by atoms with Gasteiger partial charge in [0.2, 0.25) is 0 Å². The lowest BCUT2D eigenvalue weighted by Crippen LogP contribution is -2.43. The van der Waals surface area contributed by atoms with Crippen LogP contribution in [0, 0.1) is 11.6 Å². The van der Waals surface area contributed by atoms with E-state index in [4.69, 9.17) is 5.73 Å². The van der Waals surface area contributed by atoms with Crippen LogP contribution in [0.15, 0.2) is 18.2 Å². The van der Waals surface area contributed by atoms with Crippen molar-refractivity contribution in [2.75, 3.05) is 13.1 Å². The first-order chi connectivity index (χ1) is 8.20. The molecule has 1 fully saturated rings. The van der Waals surface area contributed by atoms with Crippen molar-refractivity contribution in [2.45, 2.75) is 31.8 Å². The van der Waals surface area contributed by atoms with Crippen LogP contribution in [0.25, 0.3) is 0 Å². The van der Waals surface area contributed by atoms with Crippen molar-refractivity contribution >= 4 is 0 Å². The first-order valence-electron chi connectivity index (χ1n) is 6.08. The number of benzene rings is 1. The van der Waals surface area contributed by atoms with Gasteiger partial charge in [0.1, 0.15) is 0 Å². The van der Waals surface area contributed by atoms with Crippen molar-refractivity contribution < 1.29 is 8.78 Å². The van der Waals surface area contributed by atoms with Crippen molar-refractivity contribution in [3.8, 4) is 0 Å². The molecule has 0 amide bonds. The number of rotatable bonds is 3. The van der Waals surface area contributed by atoms with Crippen LogP contribution in [0.3, 0.4) is 0 Å². The highest BCUT2D eigenvalue weighted by Gasteiger charge is 2.21. The van der Waals surface area contributed by atoms with E-state index in [9.17, 15) is 8.78 Å². The first kappa shape index (κ1) is 12.5. The Kier molecular flexibility index (Phi) is 4.07. The summed E-state index contributed by atoms with van der Waals surface area (Å²) in [5.41, 5.74) is 6.54. The summed E-state index contributed by atoms with van der Waals surface area (Å²) in [6.45, 7) is 2.27. The fourth-order valence-corrected chi connectivity index (χ4v) is 2.41. The van der Waals surface area contributed by atoms with Gasteiger partial charge in [0.25, 0.3) is 0 Å². The standard InChI is InChI=1S/C13H18F2N2/c14-12-5-4-10(7-13(12)15)9-17-6-2-1-3-11(17)8-16/h4-5,7,11H,1-3,6,8-9,16H2/t11-/m0/s1. The van der Waals surface area contributed by atoms with Gasteiger partial charge < -0.3 is 5.73 Å². The number of hydrogen-bond donors (Lipinski definition) is 1. The molecule has 2 nitrogen and oxygen atoms in total. The third-order valence-electron chi connectivity index (χ3n) is 3.39. The van der Waals surface area contributed by atoms with Crippen molar-refractivity contribution in [3.63, 3.8) is 0 Å². The summed E-state index contributed by atoms with van der Waals surface area (Å²) < 4.78 is 25.9. The van der Waals surface area contributed by atoms with Gasteiger partial charge in [-0.2, -0.15) is 0 Å². The van der Waals surface area contributed by atoms with E-state index in [1.807, 2.05) is 0 Å². The Labute approximate surface area is 100 Å². The summed E-state index contributed by atoms with van der Waals surface area (Å²) in [4.78, 5) is 2.26. The Bertz CT molecular complexity index is 382. The Hall–Kier alpha value is -1.00.